The second-order valence-electron chi connectivity index (χ2n) is 5.54. The summed E-state index contributed by atoms with van der Waals surface area (Å²) in [7, 11) is 0. The molecule has 20 heavy (non-hydrogen) atoms. The molecule has 1 aliphatic rings. The van der Waals surface area contributed by atoms with Gasteiger partial charge in [0.2, 0.25) is 5.91 Å². The van der Waals surface area contributed by atoms with E-state index in [2.05, 4.69) is 42.6 Å². The van der Waals surface area contributed by atoms with Crippen molar-refractivity contribution in [2.24, 2.45) is 5.92 Å². The molecule has 2 aromatic carbocycles. The van der Waals surface area contributed by atoms with Gasteiger partial charge < -0.3 is 5.32 Å². The maximum atomic E-state index is 12.1. The number of carbonyl (C=O) groups is 1. The number of carbonyl (C=O) groups excluding carboxylic acids is 1. The molecule has 1 amide bonds. The number of amides is 1. The van der Waals surface area contributed by atoms with Crippen LogP contribution in [0.3, 0.4) is 0 Å². The van der Waals surface area contributed by atoms with E-state index in [1.165, 1.54) is 5.56 Å². The van der Waals surface area contributed by atoms with E-state index in [4.69, 9.17) is 0 Å². The van der Waals surface area contributed by atoms with Crippen LogP contribution in [0.2, 0.25) is 0 Å². The second-order valence-corrected chi connectivity index (χ2v) is 5.54. The molecule has 0 unspecified atom stereocenters. The van der Waals surface area contributed by atoms with Gasteiger partial charge in [-0.1, -0.05) is 60.2 Å². The molecule has 1 saturated carbocycles. The Morgan fingerprint density at radius 1 is 1.05 bits per heavy atom. The third-order valence-electron chi connectivity index (χ3n) is 3.74. The molecule has 0 radical (unpaired) electrons. The monoisotopic (exact) mass is 265 g/mol. The van der Waals surface area contributed by atoms with Crippen LogP contribution in [0.25, 0.3) is 0 Å². The largest absolute Gasteiger partial charge is 0.345 e. The first-order valence-corrected chi connectivity index (χ1v) is 7.16. The van der Waals surface area contributed by atoms with Gasteiger partial charge in [0.05, 0.1) is 6.04 Å². The molecule has 3 rings (SSSR count). The molecule has 0 saturated heterocycles. The standard InChI is InChI=1S/C18H19NO/c1-13-6-5-9-16(12-13)17(14-7-3-2-4-8-14)19-18(20)15-10-11-15/h2-9,12,15,17H,10-11H2,1H3,(H,19,20)/t17-/m1/s1. The Morgan fingerprint density at radius 2 is 1.75 bits per heavy atom. The lowest BCUT2D eigenvalue weighted by Crippen LogP contribution is -2.30. The van der Waals surface area contributed by atoms with Crippen LogP contribution in [-0.2, 0) is 4.79 Å². The molecule has 1 atom stereocenters. The Balaban J connectivity index is 1.92. The first kappa shape index (κ1) is 12.9. The number of benzene rings is 2. The highest BCUT2D eigenvalue weighted by atomic mass is 16.2. The van der Waals surface area contributed by atoms with Crippen molar-refractivity contribution in [2.45, 2.75) is 25.8 Å². The van der Waals surface area contributed by atoms with Crippen molar-refractivity contribution >= 4 is 5.91 Å². The van der Waals surface area contributed by atoms with Gasteiger partial charge in [-0.05, 0) is 30.9 Å². The maximum absolute atomic E-state index is 12.1. The minimum absolute atomic E-state index is 0.0517. The average Bonchev–Trinajstić information content (AvgIpc) is 3.30. The predicted molar refractivity (Wildman–Crippen MR) is 80.3 cm³/mol. The summed E-state index contributed by atoms with van der Waals surface area (Å²) in [6, 6.07) is 18.5. The van der Waals surface area contributed by atoms with E-state index in [0.29, 0.717) is 0 Å². The first-order chi connectivity index (χ1) is 9.74. The van der Waals surface area contributed by atoms with Gasteiger partial charge in [0.25, 0.3) is 0 Å². The smallest absolute Gasteiger partial charge is 0.223 e. The van der Waals surface area contributed by atoms with Crippen molar-refractivity contribution in [3.63, 3.8) is 0 Å². The molecule has 1 fully saturated rings. The zero-order valence-corrected chi connectivity index (χ0v) is 11.7. The van der Waals surface area contributed by atoms with Crippen molar-refractivity contribution < 1.29 is 4.79 Å². The third kappa shape index (κ3) is 2.90. The molecule has 0 aliphatic heterocycles. The van der Waals surface area contributed by atoms with Crippen LogP contribution < -0.4 is 5.32 Å². The SMILES string of the molecule is Cc1cccc([C@H](NC(=O)C2CC2)c2ccccc2)c1. The Bertz CT molecular complexity index is 602. The van der Waals surface area contributed by atoms with Gasteiger partial charge in [0.1, 0.15) is 0 Å². The Kier molecular flexibility index (Phi) is 3.55. The number of rotatable bonds is 4. The fraction of sp³-hybridized carbons (Fsp3) is 0.278. The Morgan fingerprint density at radius 3 is 2.40 bits per heavy atom. The molecular formula is C18H19NO. The number of nitrogens with one attached hydrogen (secondary N) is 1. The second kappa shape index (κ2) is 5.49. The topological polar surface area (TPSA) is 29.1 Å². The third-order valence-corrected chi connectivity index (χ3v) is 3.74. The zero-order chi connectivity index (χ0) is 13.9. The molecule has 0 heterocycles. The van der Waals surface area contributed by atoms with E-state index in [-0.39, 0.29) is 17.9 Å². The van der Waals surface area contributed by atoms with Crippen LogP contribution in [0.5, 0.6) is 0 Å². The summed E-state index contributed by atoms with van der Waals surface area (Å²) >= 11 is 0. The van der Waals surface area contributed by atoms with Gasteiger partial charge in [-0.2, -0.15) is 0 Å². The van der Waals surface area contributed by atoms with Gasteiger partial charge in [-0.25, -0.2) is 0 Å². The van der Waals surface area contributed by atoms with Crippen molar-refractivity contribution in [2.75, 3.05) is 0 Å². The van der Waals surface area contributed by atoms with E-state index in [9.17, 15) is 4.79 Å². The fourth-order valence-corrected chi connectivity index (χ4v) is 2.46. The molecule has 1 aliphatic carbocycles. The maximum Gasteiger partial charge on any atom is 0.223 e. The Labute approximate surface area is 119 Å². The van der Waals surface area contributed by atoms with Crippen molar-refractivity contribution in [3.8, 4) is 0 Å². The van der Waals surface area contributed by atoms with E-state index < -0.39 is 0 Å². The molecule has 2 heteroatoms. The van der Waals surface area contributed by atoms with Crippen LogP contribution in [0.1, 0.15) is 35.6 Å². The molecule has 2 nitrogen and oxygen atoms in total. The fourth-order valence-electron chi connectivity index (χ4n) is 2.46. The molecule has 2 aromatic rings. The molecular weight excluding hydrogens is 246 g/mol. The highest BCUT2D eigenvalue weighted by Gasteiger charge is 2.31. The van der Waals surface area contributed by atoms with Gasteiger partial charge >= 0.3 is 0 Å². The van der Waals surface area contributed by atoms with Crippen molar-refractivity contribution in [3.05, 3.63) is 71.3 Å². The van der Waals surface area contributed by atoms with Crippen molar-refractivity contribution in [1.29, 1.82) is 0 Å². The van der Waals surface area contributed by atoms with Crippen LogP contribution >= 0.6 is 0 Å². The summed E-state index contributed by atoms with van der Waals surface area (Å²) in [6.45, 7) is 2.08. The van der Waals surface area contributed by atoms with Gasteiger partial charge in [0.15, 0.2) is 0 Å². The number of hydrogen-bond donors (Lipinski definition) is 1. The zero-order valence-electron chi connectivity index (χ0n) is 11.7. The summed E-state index contributed by atoms with van der Waals surface area (Å²) in [4.78, 5) is 12.1. The summed E-state index contributed by atoms with van der Waals surface area (Å²) < 4.78 is 0. The summed E-state index contributed by atoms with van der Waals surface area (Å²) in [5, 5.41) is 3.20. The summed E-state index contributed by atoms with van der Waals surface area (Å²) in [5.74, 6) is 0.409. The van der Waals surface area contributed by atoms with E-state index >= 15 is 0 Å². The molecule has 0 spiro atoms. The van der Waals surface area contributed by atoms with Crippen LogP contribution in [0.4, 0.5) is 0 Å². The van der Waals surface area contributed by atoms with Gasteiger partial charge in [-0.3, -0.25) is 4.79 Å². The van der Waals surface area contributed by atoms with Crippen LogP contribution in [0, 0.1) is 12.8 Å². The number of hydrogen-bond acceptors (Lipinski definition) is 1. The predicted octanol–water partition coefficient (Wildman–Crippen LogP) is 3.61. The molecule has 102 valence electrons. The minimum atomic E-state index is -0.0517. The molecule has 1 N–H and O–H groups in total. The lowest BCUT2D eigenvalue weighted by Gasteiger charge is -2.20. The lowest BCUT2D eigenvalue weighted by molar-refractivity contribution is -0.122. The normalized spacial score (nSPS) is 15.7. The van der Waals surface area contributed by atoms with Gasteiger partial charge in [0, 0.05) is 5.92 Å². The molecule has 0 bridgehead atoms. The Hall–Kier alpha value is -2.09. The highest BCUT2D eigenvalue weighted by Crippen LogP contribution is 2.31. The van der Waals surface area contributed by atoms with E-state index in [1.54, 1.807) is 0 Å². The quantitative estimate of drug-likeness (QED) is 0.899. The summed E-state index contributed by atoms with van der Waals surface area (Å²) in [6.07, 6.45) is 2.06. The summed E-state index contributed by atoms with van der Waals surface area (Å²) in [5.41, 5.74) is 3.49. The van der Waals surface area contributed by atoms with Crippen LogP contribution in [-0.4, -0.2) is 5.91 Å². The first-order valence-electron chi connectivity index (χ1n) is 7.16. The van der Waals surface area contributed by atoms with Crippen molar-refractivity contribution in [1.82, 2.24) is 5.32 Å². The minimum Gasteiger partial charge on any atom is -0.345 e. The number of aryl methyl sites for hydroxylation is 1. The van der Waals surface area contributed by atoms with E-state index in [0.717, 1.165) is 24.0 Å². The van der Waals surface area contributed by atoms with Crippen LogP contribution in [0.15, 0.2) is 54.6 Å². The van der Waals surface area contributed by atoms with Gasteiger partial charge in [-0.15, -0.1) is 0 Å². The highest BCUT2D eigenvalue weighted by molar-refractivity contribution is 5.81. The molecule has 0 aromatic heterocycles. The van der Waals surface area contributed by atoms with E-state index in [1.807, 2.05) is 24.3 Å². The average molecular weight is 265 g/mol. The lowest BCUT2D eigenvalue weighted by atomic mass is 9.97.